The fraction of sp³-hybridized carbons (Fsp3) is 0.429. The van der Waals surface area contributed by atoms with Crippen LogP contribution in [0.25, 0.3) is 10.9 Å². The lowest BCUT2D eigenvalue weighted by molar-refractivity contribution is -0.00550. The third-order valence-electron chi connectivity index (χ3n) is 5.59. The second-order valence-corrected chi connectivity index (χ2v) is 7.71. The topological polar surface area (TPSA) is 57.3 Å². The molecule has 1 N–H and O–H groups in total. The van der Waals surface area contributed by atoms with Crippen LogP contribution in [0.5, 0.6) is 0 Å². The Morgan fingerprint density at radius 1 is 0.963 bits per heavy atom. The van der Waals surface area contributed by atoms with E-state index in [9.17, 15) is 0 Å². The molecule has 2 atom stereocenters. The Bertz CT molecular complexity index is 941. The summed E-state index contributed by atoms with van der Waals surface area (Å²) in [5.74, 6) is 1.88. The largest absolute Gasteiger partial charge is 0.372 e. The van der Waals surface area contributed by atoms with Crippen molar-refractivity contribution >= 4 is 22.5 Å². The second kappa shape index (κ2) is 6.53. The van der Waals surface area contributed by atoms with Crippen LogP contribution in [-0.2, 0) is 17.7 Å². The van der Waals surface area contributed by atoms with Gasteiger partial charge in [0.2, 0.25) is 0 Å². The number of fused-ring (bicyclic) bond motifs is 3. The first-order chi connectivity index (χ1) is 13.2. The summed E-state index contributed by atoms with van der Waals surface area (Å²) >= 11 is 0. The number of para-hydroxylation sites is 1. The fourth-order valence-electron chi connectivity index (χ4n) is 4.41. The number of hydrogen-bond donors (Lipinski definition) is 1. The van der Waals surface area contributed by atoms with Crippen LogP contribution in [0.1, 0.15) is 25.1 Å². The van der Waals surface area contributed by atoms with Crippen molar-refractivity contribution in [1.82, 2.24) is 15.2 Å². The number of aromatic amines is 1. The van der Waals surface area contributed by atoms with E-state index in [0.717, 1.165) is 44.2 Å². The first-order valence-corrected chi connectivity index (χ1v) is 9.75. The molecule has 5 rings (SSSR count). The van der Waals surface area contributed by atoms with Gasteiger partial charge in [-0.2, -0.15) is 0 Å². The molecule has 3 aromatic rings. The molecule has 0 aliphatic carbocycles. The lowest BCUT2D eigenvalue weighted by Crippen LogP contribution is -2.46. The Hall–Kier alpha value is -2.60. The van der Waals surface area contributed by atoms with Gasteiger partial charge in [-0.05, 0) is 44.0 Å². The highest BCUT2D eigenvalue weighted by Crippen LogP contribution is 2.29. The number of morpholine rings is 1. The van der Waals surface area contributed by atoms with E-state index in [0.29, 0.717) is 0 Å². The molecule has 0 spiro atoms. The molecule has 0 amide bonds. The maximum Gasteiger partial charge on any atom is 0.151 e. The molecule has 2 aromatic heterocycles. The van der Waals surface area contributed by atoms with Crippen LogP contribution in [0.2, 0.25) is 0 Å². The molecule has 2 aliphatic heterocycles. The second-order valence-electron chi connectivity index (χ2n) is 7.71. The minimum absolute atomic E-state index is 0.220. The van der Waals surface area contributed by atoms with Gasteiger partial charge in [0, 0.05) is 36.2 Å². The van der Waals surface area contributed by atoms with Crippen molar-refractivity contribution in [3.8, 4) is 0 Å². The molecule has 1 aromatic carbocycles. The summed E-state index contributed by atoms with van der Waals surface area (Å²) in [6, 6.07) is 12.7. The lowest BCUT2D eigenvalue weighted by Gasteiger charge is -2.36. The summed E-state index contributed by atoms with van der Waals surface area (Å²) in [5, 5.41) is 10.4. The molecule has 0 radical (unpaired) electrons. The van der Waals surface area contributed by atoms with Crippen LogP contribution >= 0.6 is 0 Å². The monoisotopic (exact) mass is 363 g/mol. The van der Waals surface area contributed by atoms with Crippen molar-refractivity contribution in [1.29, 1.82) is 0 Å². The van der Waals surface area contributed by atoms with E-state index >= 15 is 0 Å². The number of ether oxygens (including phenoxy) is 1. The zero-order valence-electron chi connectivity index (χ0n) is 15.9. The van der Waals surface area contributed by atoms with Gasteiger partial charge in [-0.15, -0.1) is 10.2 Å². The minimum Gasteiger partial charge on any atom is -0.372 e. The number of H-pyrrole nitrogens is 1. The van der Waals surface area contributed by atoms with Gasteiger partial charge < -0.3 is 19.5 Å². The van der Waals surface area contributed by atoms with Crippen molar-refractivity contribution < 1.29 is 4.74 Å². The van der Waals surface area contributed by atoms with Crippen LogP contribution in [0, 0.1) is 0 Å². The lowest BCUT2D eigenvalue weighted by atomic mass is 10.0. The Balaban J connectivity index is 1.35. The number of rotatable bonds is 2. The van der Waals surface area contributed by atoms with E-state index in [-0.39, 0.29) is 12.2 Å². The molecule has 6 nitrogen and oxygen atoms in total. The van der Waals surface area contributed by atoms with Gasteiger partial charge in [-0.25, -0.2) is 0 Å². The zero-order valence-corrected chi connectivity index (χ0v) is 15.9. The highest BCUT2D eigenvalue weighted by atomic mass is 16.5. The van der Waals surface area contributed by atoms with Crippen molar-refractivity contribution in [3.05, 3.63) is 47.7 Å². The molecule has 140 valence electrons. The van der Waals surface area contributed by atoms with Crippen LogP contribution in [0.4, 0.5) is 11.6 Å². The first-order valence-electron chi connectivity index (χ1n) is 9.75. The third kappa shape index (κ3) is 3.04. The summed E-state index contributed by atoms with van der Waals surface area (Å²) in [7, 11) is 0. The average Bonchev–Trinajstić information content (AvgIpc) is 3.05. The number of nitrogens with zero attached hydrogens (tertiary/aromatic N) is 4. The quantitative estimate of drug-likeness (QED) is 0.758. The molecule has 4 heterocycles. The summed E-state index contributed by atoms with van der Waals surface area (Å²) in [6.45, 7) is 7.76. The molecular weight excluding hydrogens is 338 g/mol. The summed E-state index contributed by atoms with van der Waals surface area (Å²) in [6.07, 6.45) is 1.47. The van der Waals surface area contributed by atoms with Crippen molar-refractivity contribution in [3.63, 3.8) is 0 Å². The molecule has 0 bridgehead atoms. The van der Waals surface area contributed by atoms with Gasteiger partial charge in [0.1, 0.15) is 0 Å². The maximum atomic E-state index is 5.81. The molecule has 2 aliphatic rings. The van der Waals surface area contributed by atoms with Crippen molar-refractivity contribution in [2.24, 2.45) is 0 Å². The standard InChI is InChI=1S/C21H25N5O/c1-14-11-26(12-15(2)27-14)21-8-7-20(23-24-21)25-10-9-17-16-5-3-4-6-18(16)22-19(17)13-25/h3-8,14-15,22H,9-13H2,1-2H3/t14-,15+. The van der Waals surface area contributed by atoms with E-state index in [4.69, 9.17) is 4.74 Å². The summed E-state index contributed by atoms with van der Waals surface area (Å²) in [4.78, 5) is 8.15. The van der Waals surface area contributed by atoms with Gasteiger partial charge in [-0.1, -0.05) is 18.2 Å². The predicted octanol–water partition coefficient (Wildman–Crippen LogP) is 3.13. The normalized spacial score (nSPS) is 22.9. The Kier molecular flexibility index (Phi) is 4.01. The van der Waals surface area contributed by atoms with Gasteiger partial charge >= 0.3 is 0 Å². The summed E-state index contributed by atoms with van der Waals surface area (Å²) in [5.41, 5.74) is 3.97. The third-order valence-corrected chi connectivity index (χ3v) is 5.59. The number of benzene rings is 1. The molecule has 1 saturated heterocycles. The van der Waals surface area contributed by atoms with Crippen LogP contribution in [-0.4, -0.2) is 47.0 Å². The van der Waals surface area contributed by atoms with Gasteiger partial charge in [0.05, 0.1) is 18.8 Å². The summed E-state index contributed by atoms with van der Waals surface area (Å²) < 4.78 is 5.81. The SMILES string of the molecule is C[C@@H]1CN(c2ccc(N3CCc4c([nH]c5ccccc45)C3)nn2)C[C@H](C)O1. The average molecular weight is 363 g/mol. The van der Waals surface area contributed by atoms with E-state index in [1.165, 1.54) is 22.2 Å². The zero-order chi connectivity index (χ0) is 18.4. The Labute approximate surface area is 159 Å². The molecule has 6 heteroatoms. The van der Waals surface area contributed by atoms with Crippen molar-refractivity contribution in [2.45, 2.75) is 39.0 Å². The minimum atomic E-state index is 0.220. The van der Waals surface area contributed by atoms with E-state index in [1.54, 1.807) is 0 Å². The van der Waals surface area contributed by atoms with Gasteiger partial charge in [-0.3, -0.25) is 0 Å². The Morgan fingerprint density at radius 3 is 2.41 bits per heavy atom. The molecule has 1 fully saturated rings. The van der Waals surface area contributed by atoms with Gasteiger partial charge in [0.15, 0.2) is 11.6 Å². The van der Waals surface area contributed by atoms with E-state index < -0.39 is 0 Å². The van der Waals surface area contributed by atoms with E-state index in [2.05, 4.69) is 75.2 Å². The van der Waals surface area contributed by atoms with Crippen LogP contribution in [0.3, 0.4) is 0 Å². The van der Waals surface area contributed by atoms with Crippen molar-refractivity contribution in [2.75, 3.05) is 29.4 Å². The van der Waals surface area contributed by atoms with E-state index in [1.807, 2.05) is 0 Å². The molecule has 27 heavy (non-hydrogen) atoms. The number of nitrogens with one attached hydrogen (secondary N) is 1. The number of anilines is 2. The van der Waals surface area contributed by atoms with Crippen LogP contribution in [0.15, 0.2) is 36.4 Å². The molecule has 0 saturated carbocycles. The molecule has 0 unspecified atom stereocenters. The maximum absolute atomic E-state index is 5.81. The number of aromatic nitrogens is 3. The van der Waals surface area contributed by atoms with Crippen LogP contribution < -0.4 is 9.80 Å². The fourth-order valence-corrected chi connectivity index (χ4v) is 4.41. The Morgan fingerprint density at radius 2 is 1.67 bits per heavy atom. The first kappa shape index (κ1) is 16.6. The number of hydrogen-bond acceptors (Lipinski definition) is 5. The molecular formula is C21H25N5O. The van der Waals surface area contributed by atoms with Gasteiger partial charge in [0.25, 0.3) is 0 Å². The highest BCUT2D eigenvalue weighted by Gasteiger charge is 2.25. The smallest absolute Gasteiger partial charge is 0.151 e. The predicted molar refractivity (Wildman–Crippen MR) is 107 cm³/mol. The highest BCUT2D eigenvalue weighted by molar-refractivity contribution is 5.85.